The highest BCUT2D eigenvalue weighted by Gasteiger charge is 2.10. The van der Waals surface area contributed by atoms with Gasteiger partial charge in [-0.2, -0.15) is 0 Å². The molecule has 0 saturated carbocycles. The van der Waals surface area contributed by atoms with Crippen LogP contribution in [0.25, 0.3) is 0 Å². The summed E-state index contributed by atoms with van der Waals surface area (Å²) in [6.07, 6.45) is 0.794. The number of nitrogens with zero attached hydrogens (tertiary/aromatic N) is 1. The summed E-state index contributed by atoms with van der Waals surface area (Å²) in [5, 5.41) is 14.8. The normalized spacial score (nSPS) is 14.1. The van der Waals surface area contributed by atoms with Crippen LogP contribution in [0, 0.1) is 0 Å². The van der Waals surface area contributed by atoms with Crippen LogP contribution in [0.1, 0.15) is 18.2 Å². The van der Waals surface area contributed by atoms with Gasteiger partial charge in [0, 0.05) is 11.4 Å². The monoisotopic (exact) mass is 291 g/mol. The number of halogens is 1. The molecule has 0 aliphatic rings. The Balaban J connectivity index is 2.48. The van der Waals surface area contributed by atoms with Crippen LogP contribution in [0.15, 0.2) is 21.1 Å². The zero-order valence-electron chi connectivity index (χ0n) is 8.40. The fraction of sp³-hybridized carbons (Fsp3) is 0.444. The molecule has 0 bridgehead atoms. The largest absolute Gasteiger partial charge is 0.409 e. The number of hydrogen-bond donors (Lipinski definition) is 3. The zero-order chi connectivity index (χ0) is 11.3. The fourth-order valence-corrected chi connectivity index (χ4v) is 2.63. The highest BCUT2D eigenvalue weighted by atomic mass is 79.9. The molecular weight excluding hydrogens is 278 g/mol. The third-order valence-electron chi connectivity index (χ3n) is 2.03. The first-order chi connectivity index (χ1) is 7.17. The van der Waals surface area contributed by atoms with E-state index in [1.54, 1.807) is 11.3 Å². The van der Waals surface area contributed by atoms with Crippen LogP contribution in [0.2, 0.25) is 0 Å². The lowest BCUT2D eigenvalue weighted by Gasteiger charge is -2.14. The van der Waals surface area contributed by atoms with E-state index in [1.165, 1.54) is 4.88 Å². The van der Waals surface area contributed by atoms with E-state index < -0.39 is 0 Å². The molecule has 84 valence electrons. The predicted molar refractivity (Wildman–Crippen MR) is 66.3 cm³/mol. The third-order valence-corrected chi connectivity index (χ3v) is 3.66. The minimum Gasteiger partial charge on any atom is -0.409 e. The third kappa shape index (κ3) is 3.81. The van der Waals surface area contributed by atoms with Gasteiger partial charge in [-0.1, -0.05) is 12.1 Å². The number of oxime groups is 1. The number of nitrogens with one attached hydrogen (secondary N) is 1. The van der Waals surface area contributed by atoms with Gasteiger partial charge in [-0.15, -0.1) is 11.3 Å². The van der Waals surface area contributed by atoms with Gasteiger partial charge in [0.2, 0.25) is 0 Å². The van der Waals surface area contributed by atoms with Crippen molar-refractivity contribution in [3.8, 4) is 0 Å². The van der Waals surface area contributed by atoms with Crippen molar-refractivity contribution in [1.29, 1.82) is 0 Å². The molecule has 1 rings (SSSR count). The summed E-state index contributed by atoms with van der Waals surface area (Å²) in [4.78, 5) is 1.21. The van der Waals surface area contributed by atoms with Crippen molar-refractivity contribution >= 4 is 33.1 Å². The first kappa shape index (κ1) is 12.5. The van der Waals surface area contributed by atoms with Gasteiger partial charge < -0.3 is 16.3 Å². The van der Waals surface area contributed by atoms with Gasteiger partial charge in [-0.3, -0.25) is 0 Å². The minimum atomic E-state index is -0.0733. The number of amidine groups is 1. The molecule has 1 aromatic heterocycles. The van der Waals surface area contributed by atoms with Crippen LogP contribution in [-0.2, 0) is 6.54 Å². The average Bonchev–Trinajstić information content (AvgIpc) is 2.64. The topological polar surface area (TPSA) is 70.6 Å². The Kier molecular flexibility index (Phi) is 5.07. The van der Waals surface area contributed by atoms with Gasteiger partial charge in [0.15, 0.2) is 5.84 Å². The second kappa shape index (κ2) is 6.09. The molecule has 1 unspecified atom stereocenters. The number of rotatable bonds is 5. The molecule has 0 fully saturated rings. The van der Waals surface area contributed by atoms with Crippen LogP contribution < -0.4 is 11.1 Å². The highest BCUT2D eigenvalue weighted by Crippen LogP contribution is 2.21. The maximum atomic E-state index is 8.56. The van der Waals surface area contributed by atoms with Gasteiger partial charge in [0.1, 0.15) is 0 Å². The van der Waals surface area contributed by atoms with E-state index in [4.69, 9.17) is 10.9 Å². The molecule has 0 aliphatic heterocycles. The SMILES string of the molecule is CCC(NCc1ccc(Br)s1)C(N)=NO. The molecule has 0 aromatic carbocycles. The molecular formula is C9H14BrN3OS. The van der Waals surface area contributed by atoms with Crippen molar-refractivity contribution in [1.82, 2.24) is 5.32 Å². The molecule has 6 heteroatoms. The van der Waals surface area contributed by atoms with E-state index in [-0.39, 0.29) is 11.9 Å². The van der Waals surface area contributed by atoms with E-state index in [0.29, 0.717) is 0 Å². The zero-order valence-corrected chi connectivity index (χ0v) is 10.8. The molecule has 4 nitrogen and oxygen atoms in total. The number of thiophene rings is 1. The van der Waals surface area contributed by atoms with E-state index >= 15 is 0 Å². The van der Waals surface area contributed by atoms with Crippen LogP contribution in [0.5, 0.6) is 0 Å². The van der Waals surface area contributed by atoms with Crippen LogP contribution in [0.3, 0.4) is 0 Å². The lowest BCUT2D eigenvalue weighted by atomic mass is 10.2. The molecule has 15 heavy (non-hydrogen) atoms. The first-order valence-electron chi connectivity index (χ1n) is 4.62. The quantitative estimate of drug-likeness (QED) is 0.337. The molecule has 0 spiro atoms. The minimum absolute atomic E-state index is 0.0733. The Morgan fingerprint density at radius 3 is 2.93 bits per heavy atom. The molecule has 1 atom stereocenters. The first-order valence-corrected chi connectivity index (χ1v) is 6.23. The summed E-state index contributed by atoms with van der Waals surface area (Å²) in [6, 6.07) is 3.98. The van der Waals surface area contributed by atoms with E-state index in [1.807, 2.05) is 19.1 Å². The van der Waals surface area contributed by atoms with Crippen molar-refractivity contribution in [3.63, 3.8) is 0 Å². The Morgan fingerprint density at radius 1 is 1.73 bits per heavy atom. The maximum absolute atomic E-state index is 8.56. The Bertz CT molecular complexity index is 340. The van der Waals surface area contributed by atoms with Crippen LogP contribution >= 0.6 is 27.3 Å². The number of hydrogen-bond acceptors (Lipinski definition) is 4. The van der Waals surface area contributed by atoms with Gasteiger partial charge >= 0.3 is 0 Å². The second-order valence-electron chi connectivity index (χ2n) is 3.07. The van der Waals surface area contributed by atoms with Crippen LogP contribution in [0.4, 0.5) is 0 Å². The van der Waals surface area contributed by atoms with Gasteiger partial charge in [-0.25, -0.2) is 0 Å². The van der Waals surface area contributed by atoms with Crippen molar-refractivity contribution < 1.29 is 5.21 Å². The Morgan fingerprint density at radius 2 is 2.47 bits per heavy atom. The summed E-state index contributed by atoms with van der Waals surface area (Å²) in [5.41, 5.74) is 5.53. The Labute approximate surface area is 101 Å². The van der Waals surface area contributed by atoms with Crippen molar-refractivity contribution in [2.75, 3.05) is 0 Å². The second-order valence-corrected chi connectivity index (χ2v) is 5.62. The number of nitrogens with two attached hydrogens (primary N) is 1. The molecule has 0 aliphatic carbocycles. The summed E-state index contributed by atoms with van der Waals surface area (Å²) < 4.78 is 1.11. The molecule has 4 N–H and O–H groups in total. The molecule has 0 amide bonds. The Hall–Kier alpha value is -0.590. The van der Waals surface area contributed by atoms with Crippen molar-refractivity contribution in [2.24, 2.45) is 10.9 Å². The van der Waals surface area contributed by atoms with Gasteiger partial charge in [-0.05, 0) is 34.5 Å². The molecule has 1 heterocycles. The molecule has 0 saturated heterocycles. The maximum Gasteiger partial charge on any atom is 0.156 e. The standard InChI is InChI=1S/C9H14BrN3OS/c1-2-7(9(11)13-14)12-5-6-3-4-8(10)15-6/h3-4,7,12,14H,2,5H2,1H3,(H2,11,13). The molecule has 1 aromatic rings. The van der Waals surface area contributed by atoms with Crippen molar-refractivity contribution in [2.45, 2.75) is 25.9 Å². The van der Waals surface area contributed by atoms with Gasteiger partial charge in [0.25, 0.3) is 0 Å². The lowest BCUT2D eigenvalue weighted by molar-refractivity contribution is 0.314. The van der Waals surface area contributed by atoms with E-state index in [9.17, 15) is 0 Å². The summed E-state index contributed by atoms with van der Waals surface area (Å²) in [6.45, 7) is 2.71. The van der Waals surface area contributed by atoms with E-state index in [0.717, 1.165) is 16.8 Å². The fourth-order valence-electron chi connectivity index (χ4n) is 1.20. The summed E-state index contributed by atoms with van der Waals surface area (Å²) in [5.74, 6) is 0.230. The van der Waals surface area contributed by atoms with Crippen LogP contribution in [-0.4, -0.2) is 17.1 Å². The van der Waals surface area contributed by atoms with E-state index in [2.05, 4.69) is 26.4 Å². The molecule has 0 radical (unpaired) electrons. The average molecular weight is 292 g/mol. The summed E-state index contributed by atoms with van der Waals surface area (Å²) in [7, 11) is 0. The smallest absolute Gasteiger partial charge is 0.156 e. The highest BCUT2D eigenvalue weighted by molar-refractivity contribution is 9.11. The summed E-state index contributed by atoms with van der Waals surface area (Å²) >= 11 is 5.07. The van der Waals surface area contributed by atoms with Gasteiger partial charge in [0.05, 0.1) is 9.83 Å². The van der Waals surface area contributed by atoms with Crippen molar-refractivity contribution in [3.05, 3.63) is 20.8 Å². The lowest BCUT2D eigenvalue weighted by Crippen LogP contribution is -2.40. The predicted octanol–water partition coefficient (Wildman–Crippen LogP) is 2.13.